The molecule has 3 rings (SSSR count). The van der Waals surface area contributed by atoms with Crippen LogP contribution >= 0.6 is 0 Å². The summed E-state index contributed by atoms with van der Waals surface area (Å²) in [4.78, 5) is 16.1. The fraction of sp³-hybridized carbons (Fsp3) is 0.125. The van der Waals surface area contributed by atoms with E-state index >= 15 is 0 Å². The van der Waals surface area contributed by atoms with E-state index in [1.165, 1.54) is 12.1 Å². The molecule has 0 aliphatic carbocycles. The molecule has 2 aromatic rings. The number of fused-ring (bicyclic) bond motifs is 1. The van der Waals surface area contributed by atoms with E-state index in [4.69, 9.17) is 0 Å². The zero-order valence-corrected chi connectivity index (χ0v) is 11.0. The second-order valence-electron chi connectivity index (χ2n) is 4.77. The first-order valence-electron chi connectivity index (χ1n) is 6.35. The Kier molecular flexibility index (Phi) is 3.06. The molecule has 0 bridgehead atoms. The van der Waals surface area contributed by atoms with Crippen molar-refractivity contribution in [1.29, 1.82) is 0 Å². The van der Waals surface area contributed by atoms with Crippen molar-refractivity contribution >= 4 is 17.3 Å². The predicted octanol–water partition coefficient (Wildman–Crippen LogP) is 2.92. The number of halogens is 1. The lowest BCUT2D eigenvalue weighted by Crippen LogP contribution is -2.13. The quantitative estimate of drug-likeness (QED) is 0.849. The second kappa shape index (κ2) is 4.89. The second-order valence-corrected chi connectivity index (χ2v) is 4.77. The highest BCUT2D eigenvalue weighted by Gasteiger charge is 2.17. The summed E-state index contributed by atoms with van der Waals surface area (Å²) in [5.74, 6) is -0.436. The smallest absolute Gasteiger partial charge is 0.246 e. The molecule has 0 fully saturated rings. The largest absolute Gasteiger partial charge is 0.324 e. The molecule has 1 heterocycles. The fourth-order valence-electron chi connectivity index (χ4n) is 2.24. The molecular formula is C16H13FN2O. The Hall–Kier alpha value is -2.49. The molecule has 1 N–H and O–H groups in total. The molecule has 0 radical (unpaired) electrons. The van der Waals surface area contributed by atoms with E-state index in [1.54, 1.807) is 12.1 Å². The van der Waals surface area contributed by atoms with Gasteiger partial charge in [-0.25, -0.2) is 4.39 Å². The summed E-state index contributed by atoms with van der Waals surface area (Å²) in [5.41, 5.74) is 4.19. The maximum Gasteiger partial charge on any atom is 0.246 e. The van der Waals surface area contributed by atoms with Gasteiger partial charge in [0.05, 0.1) is 11.4 Å². The van der Waals surface area contributed by atoms with Crippen molar-refractivity contribution in [1.82, 2.24) is 0 Å². The standard InChI is InChI=1S/C16H13FN2O/c1-10-2-7-14-13(8-10)16(18-9-15(20)19-14)11-3-5-12(17)6-4-11/h2-8H,9H2,1H3,(H,19,20). The molecule has 0 unspecified atom stereocenters. The topological polar surface area (TPSA) is 41.5 Å². The number of amides is 1. The minimum atomic E-state index is -0.290. The molecule has 4 heteroatoms. The zero-order valence-electron chi connectivity index (χ0n) is 11.0. The monoisotopic (exact) mass is 268 g/mol. The highest BCUT2D eigenvalue weighted by molar-refractivity contribution is 6.19. The molecule has 100 valence electrons. The van der Waals surface area contributed by atoms with Gasteiger partial charge in [0.1, 0.15) is 12.4 Å². The van der Waals surface area contributed by atoms with Crippen LogP contribution in [-0.4, -0.2) is 18.2 Å². The molecule has 3 nitrogen and oxygen atoms in total. The maximum atomic E-state index is 13.0. The van der Waals surface area contributed by atoms with Gasteiger partial charge in [-0.15, -0.1) is 0 Å². The number of aliphatic imine (C=N–C) groups is 1. The summed E-state index contributed by atoms with van der Waals surface area (Å²) in [6, 6.07) is 11.9. The predicted molar refractivity (Wildman–Crippen MR) is 76.7 cm³/mol. The molecule has 0 spiro atoms. The van der Waals surface area contributed by atoms with Crippen molar-refractivity contribution in [2.24, 2.45) is 4.99 Å². The average molecular weight is 268 g/mol. The number of anilines is 1. The Morgan fingerprint density at radius 3 is 2.65 bits per heavy atom. The molecule has 1 amide bonds. The Balaban J connectivity index is 2.17. The van der Waals surface area contributed by atoms with Crippen LogP contribution in [-0.2, 0) is 4.79 Å². The van der Waals surface area contributed by atoms with E-state index in [0.717, 1.165) is 22.4 Å². The Labute approximate surface area is 116 Å². The van der Waals surface area contributed by atoms with Gasteiger partial charge in [-0.1, -0.05) is 11.6 Å². The third-order valence-electron chi connectivity index (χ3n) is 3.20. The number of carbonyl (C=O) groups is 1. The number of nitrogens with one attached hydrogen (secondary N) is 1. The van der Waals surface area contributed by atoms with Gasteiger partial charge in [-0.3, -0.25) is 9.79 Å². The lowest BCUT2D eigenvalue weighted by Gasteiger charge is -2.11. The summed E-state index contributed by atoms with van der Waals surface area (Å²) in [6.45, 7) is 2.05. The summed E-state index contributed by atoms with van der Waals surface area (Å²) in [5, 5.41) is 2.83. The van der Waals surface area contributed by atoms with Gasteiger partial charge in [0.25, 0.3) is 0 Å². The van der Waals surface area contributed by atoms with Crippen molar-refractivity contribution in [3.8, 4) is 0 Å². The third-order valence-corrected chi connectivity index (χ3v) is 3.20. The molecule has 0 saturated carbocycles. The summed E-state index contributed by atoms with van der Waals surface area (Å²) in [6.07, 6.45) is 0. The van der Waals surface area contributed by atoms with Crippen molar-refractivity contribution in [3.05, 3.63) is 65.0 Å². The van der Waals surface area contributed by atoms with Crippen molar-refractivity contribution in [3.63, 3.8) is 0 Å². The van der Waals surface area contributed by atoms with Crippen LogP contribution in [0.1, 0.15) is 16.7 Å². The molecule has 0 atom stereocenters. The van der Waals surface area contributed by atoms with Gasteiger partial charge < -0.3 is 5.32 Å². The summed E-state index contributed by atoms with van der Waals surface area (Å²) < 4.78 is 13.0. The minimum Gasteiger partial charge on any atom is -0.324 e. The van der Waals surface area contributed by atoms with Crippen LogP contribution < -0.4 is 5.32 Å². The van der Waals surface area contributed by atoms with Gasteiger partial charge in [0.15, 0.2) is 0 Å². The van der Waals surface area contributed by atoms with Gasteiger partial charge in [-0.2, -0.15) is 0 Å². The van der Waals surface area contributed by atoms with E-state index in [-0.39, 0.29) is 18.3 Å². The maximum absolute atomic E-state index is 13.0. The number of rotatable bonds is 1. The number of hydrogen-bond donors (Lipinski definition) is 1. The van der Waals surface area contributed by atoms with Gasteiger partial charge in [0, 0.05) is 11.1 Å². The number of benzene rings is 2. The molecule has 2 aromatic carbocycles. The summed E-state index contributed by atoms with van der Waals surface area (Å²) >= 11 is 0. The Morgan fingerprint density at radius 2 is 1.90 bits per heavy atom. The number of nitrogens with zero attached hydrogens (tertiary/aromatic N) is 1. The highest BCUT2D eigenvalue weighted by Crippen LogP contribution is 2.24. The SMILES string of the molecule is Cc1ccc2c(c1)C(c1ccc(F)cc1)=NCC(=O)N2. The van der Waals surface area contributed by atoms with Crippen molar-refractivity contribution < 1.29 is 9.18 Å². The molecule has 1 aliphatic heterocycles. The molecule has 0 saturated heterocycles. The van der Waals surface area contributed by atoms with E-state index in [2.05, 4.69) is 10.3 Å². The molecule has 0 aromatic heterocycles. The number of carbonyl (C=O) groups excluding carboxylic acids is 1. The van der Waals surface area contributed by atoms with E-state index in [1.807, 2.05) is 25.1 Å². The van der Waals surface area contributed by atoms with Crippen molar-refractivity contribution in [2.45, 2.75) is 6.92 Å². The lowest BCUT2D eigenvalue weighted by molar-refractivity contribution is -0.114. The van der Waals surface area contributed by atoms with Crippen LogP contribution in [0.3, 0.4) is 0 Å². The van der Waals surface area contributed by atoms with Crippen LogP contribution in [0.4, 0.5) is 10.1 Å². The average Bonchev–Trinajstić information content (AvgIpc) is 2.58. The van der Waals surface area contributed by atoms with E-state index in [9.17, 15) is 9.18 Å². The Morgan fingerprint density at radius 1 is 1.15 bits per heavy atom. The minimum absolute atomic E-state index is 0.0699. The van der Waals surface area contributed by atoms with E-state index in [0.29, 0.717) is 5.71 Å². The molecule has 1 aliphatic rings. The first-order chi connectivity index (χ1) is 9.63. The lowest BCUT2D eigenvalue weighted by atomic mass is 9.99. The van der Waals surface area contributed by atoms with Crippen LogP contribution in [0.5, 0.6) is 0 Å². The van der Waals surface area contributed by atoms with Crippen LogP contribution in [0, 0.1) is 12.7 Å². The summed E-state index contributed by atoms with van der Waals surface area (Å²) in [7, 11) is 0. The van der Waals surface area contributed by atoms with Crippen LogP contribution in [0.25, 0.3) is 0 Å². The number of hydrogen-bond acceptors (Lipinski definition) is 2. The van der Waals surface area contributed by atoms with Crippen molar-refractivity contribution in [2.75, 3.05) is 11.9 Å². The van der Waals surface area contributed by atoms with Gasteiger partial charge >= 0.3 is 0 Å². The van der Waals surface area contributed by atoms with Gasteiger partial charge in [0.2, 0.25) is 5.91 Å². The third kappa shape index (κ3) is 2.32. The van der Waals surface area contributed by atoms with Crippen LogP contribution in [0.2, 0.25) is 0 Å². The first kappa shape index (κ1) is 12.5. The number of benzodiazepines with no additional fused rings is 1. The Bertz CT molecular complexity index is 705. The fourth-order valence-corrected chi connectivity index (χ4v) is 2.24. The van der Waals surface area contributed by atoms with Gasteiger partial charge in [-0.05, 0) is 43.3 Å². The van der Waals surface area contributed by atoms with Crippen LogP contribution in [0.15, 0.2) is 47.5 Å². The number of aryl methyl sites for hydroxylation is 1. The normalized spacial score (nSPS) is 14.1. The highest BCUT2D eigenvalue weighted by atomic mass is 19.1. The zero-order chi connectivity index (χ0) is 14.1. The van der Waals surface area contributed by atoms with E-state index < -0.39 is 0 Å². The first-order valence-corrected chi connectivity index (χ1v) is 6.35. The molecule has 20 heavy (non-hydrogen) atoms. The molecular weight excluding hydrogens is 255 g/mol.